The van der Waals surface area contributed by atoms with E-state index in [0.29, 0.717) is 32.7 Å². The zero-order chi connectivity index (χ0) is 15.5. The van der Waals surface area contributed by atoms with Gasteiger partial charge in [0, 0.05) is 32.7 Å². The van der Waals surface area contributed by atoms with Crippen molar-refractivity contribution in [2.75, 3.05) is 45.8 Å². The van der Waals surface area contributed by atoms with E-state index in [4.69, 9.17) is 0 Å². The molecular weight excluding hydrogens is 283 g/mol. The molecule has 2 rings (SSSR count). The second-order valence-electron chi connectivity index (χ2n) is 6.14. The minimum absolute atomic E-state index is 0.126. The van der Waals surface area contributed by atoms with Gasteiger partial charge >= 0.3 is 6.18 Å². The molecule has 1 unspecified atom stereocenters. The topological polar surface area (TPSA) is 35.6 Å². The number of alkyl halides is 3. The summed E-state index contributed by atoms with van der Waals surface area (Å²) in [5.41, 5.74) is -0.332. The standard InChI is InChI=1S/C14H24F3N3O/c1-2-3-13(4-5-18-10-13)12(21)20-8-6-19(7-9-20)11-14(15,16)17/h18H,2-11H2,1H3. The molecule has 2 saturated heterocycles. The third kappa shape index (κ3) is 4.10. The van der Waals surface area contributed by atoms with E-state index in [9.17, 15) is 18.0 Å². The number of carbonyl (C=O) groups excluding carboxylic acids is 1. The van der Waals surface area contributed by atoms with Crippen molar-refractivity contribution in [2.45, 2.75) is 32.4 Å². The Kier molecular flexibility index (Phi) is 5.14. The number of nitrogens with one attached hydrogen (secondary N) is 1. The lowest BCUT2D eigenvalue weighted by atomic mass is 9.81. The van der Waals surface area contributed by atoms with Gasteiger partial charge in [0.15, 0.2) is 0 Å². The van der Waals surface area contributed by atoms with E-state index in [2.05, 4.69) is 12.2 Å². The lowest BCUT2D eigenvalue weighted by Gasteiger charge is -2.39. The van der Waals surface area contributed by atoms with Gasteiger partial charge in [-0.2, -0.15) is 13.2 Å². The minimum atomic E-state index is -4.16. The Morgan fingerprint density at radius 3 is 2.38 bits per heavy atom. The van der Waals surface area contributed by atoms with Gasteiger partial charge in [-0.05, 0) is 19.4 Å². The van der Waals surface area contributed by atoms with Gasteiger partial charge in [-0.15, -0.1) is 0 Å². The second-order valence-corrected chi connectivity index (χ2v) is 6.14. The first-order chi connectivity index (χ1) is 9.86. The SMILES string of the molecule is CCCC1(C(=O)N2CCN(CC(F)(F)F)CC2)CCNC1. The van der Waals surface area contributed by atoms with E-state index in [-0.39, 0.29) is 11.3 Å². The fourth-order valence-corrected chi connectivity index (χ4v) is 3.42. The average molecular weight is 307 g/mol. The number of nitrogens with zero attached hydrogens (tertiary/aromatic N) is 2. The van der Waals surface area contributed by atoms with Gasteiger partial charge in [-0.1, -0.05) is 13.3 Å². The number of halogens is 3. The number of hydrogen-bond acceptors (Lipinski definition) is 3. The summed E-state index contributed by atoms with van der Waals surface area (Å²) in [5, 5.41) is 3.25. The molecule has 2 fully saturated rings. The van der Waals surface area contributed by atoms with Crippen molar-refractivity contribution in [1.29, 1.82) is 0 Å². The smallest absolute Gasteiger partial charge is 0.340 e. The molecule has 1 amide bonds. The molecule has 0 spiro atoms. The van der Waals surface area contributed by atoms with Gasteiger partial charge in [0.25, 0.3) is 0 Å². The third-order valence-corrected chi connectivity index (χ3v) is 4.49. The van der Waals surface area contributed by atoms with Crippen LogP contribution in [0.2, 0.25) is 0 Å². The van der Waals surface area contributed by atoms with Crippen molar-refractivity contribution in [3.05, 3.63) is 0 Å². The van der Waals surface area contributed by atoms with Crippen molar-refractivity contribution in [2.24, 2.45) is 5.41 Å². The molecular formula is C14H24F3N3O. The number of rotatable bonds is 4. The van der Waals surface area contributed by atoms with Crippen LogP contribution in [0.1, 0.15) is 26.2 Å². The summed E-state index contributed by atoms with van der Waals surface area (Å²) in [7, 11) is 0. The Morgan fingerprint density at radius 1 is 1.24 bits per heavy atom. The van der Waals surface area contributed by atoms with Crippen LogP contribution in [0, 0.1) is 5.41 Å². The Labute approximate surface area is 123 Å². The van der Waals surface area contributed by atoms with Crippen LogP contribution in [0.5, 0.6) is 0 Å². The maximum absolute atomic E-state index is 12.7. The Bertz CT molecular complexity index is 359. The second kappa shape index (κ2) is 6.52. The van der Waals surface area contributed by atoms with Crippen molar-refractivity contribution in [3.8, 4) is 0 Å². The summed E-state index contributed by atoms with van der Waals surface area (Å²) >= 11 is 0. The average Bonchev–Trinajstić information content (AvgIpc) is 2.87. The van der Waals surface area contributed by atoms with E-state index >= 15 is 0 Å². The van der Waals surface area contributed by atoms with Crippen LogP contribution in [0.25, 0.3) is 0 Å². The van der Waals surface area contributed by atoms with Gasteiger partial charge in [0.2, 0.25) is 5.91 Å². The lowest BCUT2D eigenvalue weighted by Crippen LogP contribution is -2.55. The molecule has 4 nitrogen and oxygen atoms in total. The Balaban J connectivity index is 1.90. The van der Waals surface area contributed by atoms with E-state index in [0.717, 1.165) is 25.8 Å². The highest BCUT2D eigenvalue weighted by Gasteiger charge is 2.43. The first-order valence-electron chi connectivity index (χ1n) is 7.65. The minimum Gasteiger partial charge on any atom is -0.340 e. The molecule has 7 heteroatoms. The molecule has 122 valence electrons. The molecule has 21 heavy (non-hydrogen) atoms. The summed E-state index contributed by atoms with van der Waals surface area (Å²) in [4.78, 5) is 15.9. The largest absolute Gasteiger partial charge is 0.401 e. The van der Waals surface area contributed by atoms with Crippen LogP contribution in [-0.2, 0) is 4.79 Å². The molecule has 0 saturated carbocycles. The maximum atomic E-state index is 12.7. The van der Waals surface area contributed by atoms with E-state index < -0.39 is 12.7 Å². The van der Waals surface area contributed by atoms with E-state index in [1.165, 1.54) is 4.90 Å². The number of carbonyl (C=O) groups is 1. The number of amides is 1. The Hall–Kier alpha value is -0.820. The van der Waals surface area contributed by atoms with Crippen LogP contribution in [0.15, 0.2) is 0 Å². The van der Waals surface area contributed by atoms with Gasteiger partial charge in [0.05, 0.1) is 12.0 Å². The van der Waals surface area contributed by atoms with Gasteiger partial charge in [0.1, 0.15) is 0 Å². The van der Waals surface area contributed by atoms with Gasteiger partial charge in [-0.25, -0.2) is 0 Å². The summed E-state index contributed by atoms with van der Waals surface area (Å²) < 4.78 is 37.1. The predicted octanol–water partition coefficient (Wildman–Crippen LogP) is 1.47. The number of piperazine rings is 1. The highest BCUT2D eigenvalue weighted by Crippen LogP contribution is 2.33. The molecule has 0 aliphatic carbocycles. The van der Waals surface area contributed by atoms with Gasteiger partial charge < -0.3 is 10.2 Å². The first-order valence-corrected chi connectivity index (χ1v) is 7.65. The summed E-state index contributed by atoms with van der Waals surface area (Å²) in [5.74, 6) is 0.126. The van der Waals surface area contributed by atoms with Crippen LogP contribution in [0.3, 0.4) is 0 Å². The molecule has 0 aromatic carbocycles. The summed E-state index contributed by atoms with van der Waals surface area (Å²) in [6, 6.07) is 0. The normalized spacial score (nSPS) is 28.1. The molecule has 1 N–H and O–H groups in total. The molecule has 0 aromatic heterocycles. The lowest BCUT2D eigenvalue weighted by molar-refractivity contribution is -0.154. The highest BCUT2D eigenvalue weighted by atomic mass is 19.4. The van der Waals surface area contributed by atoms with Crippen LogP contribution < -0.4 is 5.32 Å². The molecule has 1 atom stereocenters. The van der Waals surface area contributed by atoms with E-state index in [1.54, 1.807) is 4.90 Å². The molecule has 2 aliphatic heterocycles. The van der Waals surface area contributed by atoms with Crippen molar-refractivity contribution in [3.63, 3.8) is 0 Å². The summed E-state index contributed by atoms with van der Waals surface area (Å²) in [6.45, 7) is 4.15. The monoisotopic (exact) mass is 307 g/mol. The molecule has 0 bridgehead atoms. The molecule has 0 radical (unpaired) electrons. The third-order valence-electron chi connectivity index (χ3n) is 4.49. The zero-order valence-electron chi connectivity index (χ0n) is 12.5. The Morgan fingerprint density at radius 2 is 1.90 bits per heavy atom. The summed E-state index contributed by atoms with van der Waals surface area (Å²) in [6.07, 6.45) is -1.53. The predicted molar refractivity (Wildman–Crippen MR) is 73.9 cm³/mol. The van der Waals surface area contributed by atoms with Crippen LogP contribution in [0.4, 0.5) is 13.2 Å². The van der Waals surface area contributed by atoms with Crippen LogP contribution >= 0.6 is 0 Å². The van der Waals surface area contributed by atoms with Crippen molar-refractivity contribution >= 4 is 5.91 Å². The highest BCUT2D eigenvalue weighted by molar-refractivity contribution is 5.83. The molecule has 2 heterocycles. The maximum Gasteiger partial charge on any atom is 0.401 e. The van der Waals surface area contributed by atoms with Crippen molar-refractivity contribution < 1.29 is 18.0 Å². The fourth-order valence-electron chi connectivity index (χ4n) is 3.42. The van der Waals surface area contributed by atoms with E-state index in [1.807, 2.05) is 0 Å². The zero-order valence-corrected chi connectivity index (χ0v) is 12.5. The molecule has 0 aromatic rings. The fraction of sp³-hybridized carbons (Fsp3) is 0.929. The molecule has 2 aliphatic rings. The number of hydrogen-bond donors (Lipinski definition) is 1. The van der Waals surface area contributed by atoms with Crippen molar-refractivity contribution in [1.82, 2.24) is 15.1 Å². The first kappa shape index (κ1) is 16.5. The van der Waals surface area contributed by atoms with Crippen LogP contribution in [-0.4, -0.2) is 67.7 Å². The quantitative estimate of drug-likeness (QED) is 0.854. The van der Waals surface area contributed by atoms with Gasteiger partial charge in [-0.3, -0.25) is 9.69 Å².